The summed E-state index contributed by atoms with van der Waals surface area (Å²) >= 11 is 1.64. The van der Waals surface area contributed by atoms with Crippen LogP contribution in [-0.4, -0.2) is 46.5 Å². The summed E-state index contributed by atoms with van der Waals surface area (Å²) in [7, 11) is 0. The molecular weight excluding hydrogens is 400 g/mol. The van der Waals surface area contributed by atoms with Gasteiger partial charge in [0.25, 0.3) is 0 Å². The molecule has 0 saturated carbocycles. The van der Waals surface area contributed by atoms with Crippen molar-refractivity contribution in [3.63, 3.8) is 0 Å². The van der Waals surface area contributed by atoms with Gasteiger partial charge in [0.15, 0.2) is 0 Å². The molecule has 2 aromatic heterocycles. The summed E-state index contributed by atoms with van der Waals surface area (Å²) in [6.07, 6.45) is 6.47. The van der Waals surface area contributed by atoms with Gasteiger partial charge in [-0.1, -0.05) is 0 Å². The van der Waals surface area contributed by atoms with Crippen LogP contribution in [0.25, 0.3) is 21.3 Å². The second-order valence-corrected chi connectivity index (χ2v) is 9.40. The molecule has 1 amide bonds. The molecule has 4 heterocycles. The Morgan fingerprint density at radius 3 is 2.90 bits per heavy atom. The molecule has 7 nitrogen and oxygen atoms in total. The Kier molecular flexibility index (Phi) is 5.20. The third kappa shape index (κ3) is 3.81. The van der Waals surface area contributed by atoms with Gasteiger partial charge in [-0.2, -0.15) is 5.10 Å². The highest BCUT2D eigenvalue weighted by Gasteiger charge is 2.28. The zero-order valence-corrected chi connectivity index (χ0v) is 18.1. The topological polar surface area (TPSA) is 78.3 Å². The third-order valence-corrected chi connectivity index (χ3v) is 7.05. The van der Waals surface area contributed by atoms with Gasteiger partial charge in [0.05, 0.1) is 27.5 Å². The quantitative estimate of drug-likeness (QED) is 0.673. The Hall–Kier alpha value is -2.45. The molecule has 158 valence electrons. The number of nitrogens with one attached hydrogen (secondary N) is 1. The van der Waals surface area contributed by atoms with Crippen LogP contribution in [0.4, 0.5) is 0 Å². The van der Waals surface area contributed by atoms with Crippen LogP contribution >= 0.6 is 11.3 Å². The molecule has 2 aliphatic rings. The van der Waals surface area contributed by atoms with E-state index in [-0.39, 0.29) is 17.9 Å². The van der Waals surface area contributed by atoms with Crippen molar-refractivity contribution in [3.8, 4) is 16.9 Å². The van der Waals surface area contributed by atoms with Crippen molar-refractivity contribution in [2.24, 2.45) is 5.92 Å². The van der Waals surface area contributed by atoms with Crippen LogP contribution in [0.15, 0.2) is 24.5 Å². The molecular formula is C22H26N4O3S. The van der Waals surface area contributed by atoms with Crippen molar-refractivity contribution in [2.75, 3.05) is 19.8 Å². The third-order valence-electron chi connectivity index (χ3n) is 6.05. The number of benzene rings is 1. The van der Waals surface area contributed by atoms with Gasteiger partial charge in [-0.3, -0.25) is 9.48 Å². The van der Waals surface area contributed by atoms with Crippen molar-refractivity contribution in [1.29, 1.82) is 0 Å². The van der Waals surface area contributed by atoms with E-state index in [4.69, 9.17) is 14.5 Å². The molecule has 2 fully saturated rings. The maximum atomic E-state index is 11.6. The maximum absolute atomic E-state index is 11.6. The predicted molar refractivity (Wildman–Crippen MR) is 116 cm³/mol. The molecule has 2 saturated heterocycles. The number of hydrogen-bond acceptors (Lipinski definition) is 6. The van der Waals surface area contributed by atoms with Gasteiger partial charge in [0.1, 0.15) is 11.9 Å². The van der Waals surface area contributed by atoms with E-state index in [1.807, 2.05) is 20.0 Å². The summed E-state index contributed by atoms with van der Waals surface area (Å²) in [4.78, 5) is 16.3. The Labute approximate surface area is 179 Å². The van der Waals surface area contributed by atoms with E-state index in [1.54, 1.807) is 11.3 Å². The molecule has 3 aromatic rings. The van der Waals surface area contributed by atoms with E-state index < -0.39 is 0 Å². The van der Waals surface area contributed by atoms with Crippen LogP contribution in [0.3, 0.4) is 0 Å². The number of rotatable bonds is 5. The Morgan fingerprint density at radius 1 is 1.30 bits per heavy atom. The SMILES string of the molecule is Cc1nc2cc(-c3cnn(C4CCOCC4)c3)cc(O[C@H](C)[C@H]3CNC(=O)C3)c2s1. The van der Waals surface area contributed by atoms with E-state index in [1.165, 1.54) is 0 Å². The summed E-state index contributed by atoms with van der Waals surface area (Å²) < 4.78 is 15.0. The van der Waals surface area contributed by atoms with Crippen molar-refractivity contribution in [2.45, 2.75) is 45.3 Å². The number of aryl methyl sites for hydroxylation is 1. The van der Waals surface area contributed by atoms with Gasteiger partial charge in [-0.25, -0.2) is 4.98 Å². The normalized spacial score (nSPS) is 21.1. The highest BCUT2D eigenvalue weighted by atomic mass is 32.1. The van der Waals surface area contributed by atoms with Crippen molar-refractivity contribution < 1.29 is 14.3 Å². The van der Waals surface area contributed by atoms with E-state index in [0.717, 1.165) is 58.2 Å². The van der Waals surface area contributed by atoms with Crippen LogP contribution in [0.1, 0.15) is 37.2 Å². The standard InChI is InChI=1S/C22H26N4O3S/c1-13(16-9-21(27)23-10-16)29-20-8-15(7-19-22(20)30-14(2)25-19)17-11-24-26(12-17)18-3-5-28-6-4-18/h7-8,11-13,16,18H,3-6,9-10H2,1-2H3,(H,23,27)/t13-,16-/m1/s1. The van der Waals surface area contributed by atoms with E-state index in [2.05, 4.69) is 33.4 Å². The number of aromatic nitrogens is 3. The number of hydrogen-bond donors (Lipinski definition) is 1. The molecule has 1 aromatic carbocycles. The second-order valence-electron chi connectivity index (χ2n) is 8.20. The minimum atomic E-state index is -0.0604. The molecule has 0 aliphatic carbocycles. The fourth-order valence-corrected chi connectivity index (χ4v) is 5.12. The molecule has 0 radical (unpaired) electrons. The van der Waals surface area contributed by atoms with Gasteiger partial charge in [-0.05, 0) is 44.4 Å². The highest BCUT2D eigenvalue weighted by Crippen LogP contribution is 2.37. The lowest BCUT2D eigenvalue weighted by atomic mass is 10.0. The molecule has 2 atom stereocenters. The lowest BCUT2D eigenvalue weighted by molar-refractivity contribution is -0.119. The lowest BCUT2D eigenvalue weighted by Crippen LogP contribution is -2.25. The Balaban J connectivity index is 1.46. The number of nitrogens with zero attached hydrogens (tertiary/aromatic N) is 3. The van der Waals surface area contributed by atoms with Crippen molar-refractivity contribution in [3.05, 3.63) is 29.5 Å². The fraction of sp³-hybridized carbons (Fsp3) is 0.500. The smallest absolute Gasteiger partial charge is 0.220 e. The minimum absolute atomic E-state index is 0.0604. The van der Waals surface area contributed by atoms with Crippen molar-refractivity contribution >= 4 is 27.5 Å². The summed E-state index contributed by atoms with van der Waals surface area (Å²) in [5.41, 5.74) is 3.05. The average Bonchev–Trinajstić information content (AvgIpc) is 3.47. The number of carbonyl (C=O) groups excluding carboxylic acids is 1. The Bertz CT molecular complexity index is 1070. The second kappa shape index (κ2) is 8.00. The first-order chi connectivity index (χ1) is 14.6. The summed E-state index contributed by atoms with van der Waals surface area (Å²) in [5.74, 6) is 1.11. The predicted octanol–water partition coefficient (Wildman–Crippen LogP) is 3.72. The van der Waals surface area contributed by atoms with Gasteiger partial charge >= 0.3 is 0 Å². The first-order valence-electron chi connectivity index (χ1n) is 10.5. The first-order valence-corrected chi connectivity index (χ1v) is 11.4. The molecule has 0 spiro atoms. The molecule has 0 unspecified atom stereocenters. The lowest BCUT2D eigenvalue weighted by Gasteiger charge is -2.22. The van der Waals surface area contributed by atoms with Crippen LogP contribution in [0.5, 0.6) is 5.75 Å². The average molecular weight is 427 g/mol. The first kappa shape index (κ1) is 19.5. The molecule has 8 heteroatoms. The van der Waals surface area contributed by atoms with Crippen LogP contribution < -0.4 is 10.1 Å². The van der Waals surface area contributed by atoms with Crippen LogP contribution in [0, 0.1) is 12.8 Å². The summed E-state index contributed by atoms with van der Waals surface area (Å²) in [6.45, 7) is 6.31. The monoisotopic (exact) mass is 426 g/mol. The minimum Gasteiger partial charge on any atom is -0.489 e. The number of ether oxygens (including phenoxy) is 2. The number of thiazole rings is 1. The number of carbonyl (C=O) groups is 1. The molecule has 30 heavy (non-hydrogen) atoms. The molecule has 1 N–H and O–H groups in total. The van der Waals surface area contributed by atoms with E-state index in [9.17, 15) is 4.79 Å². The van der Waals surface area contributed by atoms with Crippen LogP contribution in [0.2, 0.25) is 0 Å². The van der Waals surface area contributed by atoms with E-state index >= 15 is 0 Å². The molecule has 0 bridgehead atoms. The zero-order chi connectivity index (χ0) is 20.7. The number of amides is 1. The fourth-order valence-electron chi connectivity index (χ4n) is 4.26. The van der Waals surface area contributed by atoms with Crippen LogP contribution in [-0.2, 0) is 9.53 Å². The largest absolute Gasteiger partial charge is 0.489 e. The molecule has 5 rings (SSSR count). The zero-order valence-electron chi connectivity index (χ0n) is 17.3. The highest BCUT2D eigenvalue weighted by molar-refractivity contribution is 7.18. The van der Waals surface area contributed by atoms with Gasteiger partial charge in [0, 0.05) is 43.9 Å². The maximum Gasteiger partial charge on any atom is 0.220 e. The summed E-state index contributed by atoms with van der Waals surface area (Å²) in [5, 5.41) is 8.53. The van der Waals surface area contributed by atoms with Gasteiger partial charge < -0.3 is 14.8 Å². The van der Waals surface area contributed by atoms with E-state index in [0.29, 0.717) is 19.0 Å². The van der Waals surface area contributed by atoms with Gasteiger partial charge in [-0.15, -0.1) is 11.3 Å². The number of fused-ring (bicyclic) bond motifs is 1. The summed E-state index contributed by atoms with van der Waals surface area (Å²) in [6, 6.07) is 4.59. The molecule has 2 aliphatic heterocycles. The van der Waals surface area contributed by atoms with Gasteiger partial charge in [0.2, 0.25) is 5.91 Å². The Morgan fingerprint density at radius 2 is 2.13 bits per heavy atom. The van der Waals surface area contributed by atoms with Crippen molar-refractivity contribution in [1.82, 2.24) is 20.1 Å².